The molecule has 0 saturated heterocycles. The van der Waals surface area contributed by atoms with Gasteiger partial charge in [0.15, 0.2) is 11.5 Å². The Morgan fingerprint density at radius 3 is 2.40 bits per heavy atom. The molecule has 2 rings (SSSR count). The van der Waals surface area contributed by atoms with Crippen molar-refractivity contribution >= 4 is 11.6 Å². The second-order valence-electron chi connectivity index (χ2n) is 5.17. The second-order valence-corrected chi connectivity index (χ2v) is 5.70. The average molecular weight is 298 g/mol. The van der Waals surface area contributed by atoms with Gasteiger partial charge in [-0.1, -0.05) is 19.9 Å². The molecule has 1 atom stereocenters. The van der Waals surface area contributed by atoms with Crippen LogP contribution in [0.25, 0.3) is 0 Å². The molecule has 0 saturated carbocycles. The highest BCUT2D eigenvalue weighted by Crippen LogP contribution is 2.34. The molecule has 0 aliphatic carbocycles. The third-order valence-corrected chi connectivity index (χ3v) is 3.82. The molecular weight excluding hydrogens is 274 g/mol. The van der Waals surface area contributed by atoms with Crippen molar-refractivity contribution < 1.29 is 9.47 Å². The smallest absolute Gasteiger partial charge is 0.161 e. The van der Waals surface area contributed by atoms with Crippen molar-refractivity contribution in [3.63, 3.8) is 0 Å². The molecule has 0 aromatic heterocycles. The molecule has 112 valence electrons. The topological polar surface area (TPSA) is 21.7 Å². The summed E-state index contributed by atoms with van der Waals surface area (Å²) in [6, 6.07) is 6.02. The van der Waals surface area contributed by atoms with E-state index in [4.69, 9.17) is 21.1 Å². The van der Waals surface area contributed by atoms with Gasteiger partial charge < -0.3 is 14.4 Å². The fourth-order valence-electron chi connectivity index (χ4n) is 2.51. The minimum Gasteiger partial charge on any atom is -0.486 e. The van der Waals surface area contributed by atoms with Crippen LogP contribution in [0.2, 0.25) is 0 Å². The van der Waals surface area contributed by atoms with Gasteiger partial charge in [0.2, 0.25) is 0 Å². The van der Waals surface area contributed by atoms with E-state index in [2.05, 4.69) is 18.7 Å². The van der Waals surface area contributed by atoms with E-state index in [0.717, 1.165) is 49.5 Å². The monoisotopic (exact) mass is 297 g/mol. The minimum absolute atomic E-state index is 0.0103. The van der Waals surface area contributed by atoms with Gasteiger partial charge in [-0.3, -0.25) is 0 Å². The molecule has 0 spiro atoms. The lowest BCUT2D eigenvalue weighted by Crippen LogP contribution is -2.29. The standard InChI is InChI=1S/C16H24ClNO2/c1-3-7-18(8-4-2)12-14(17)13-5-6-15-16(11-13)20-10-9-19-15/h5-6,11,14H,3-4,7-10,12H2,1-2H3. The number of fused-ring (bicyclic) bond motifs is 1. The second kappa shape index (κ2) is 7.75. The van der Waals surface area contributed by atoms with E-state index in [0.29, 0.717) is 13.2 Å². The third kappa shape index (κ3) is 4.03. The first-order valence-electron chi connectivity index (χ1n) is 7.50. The van der Waals surface area contributed by atoms with Gasteiger partial charge in [-0.05, 0) is 43.6 Å². The van der Waals surface area contributed by atoms with Crippen LogP contribution in [0, 0.1) is 0 Å². The lowest BCUT2D eigenvalue weighted by atomic mass is 10.1. The molecular formula is C16H24ClNO2. The van der Waals surface area contributed by atoms with Crippen LogP contribution in [-0.4, -0.2) is 37.7 Å². The van der Waals surface area contributed by atoms with Crippen molar-refractivity contribution in [3.05, 3.63) is 23.8 Å². The van der Waals surface area contributed by atoms with E-state index >= 15 is 0 Å². The van der Waals surface area contributed by atoms with E-state index in [-0.39, 0.29) is 5.38 Å². The fraction of sp³-hybridized carbons (Fsp3) is 0.625. The Hall–Kier alpha value is -0.930. The van der Waals surface area contributed by atoms with Crippen molar-refractivity contribution in [1.29, 1.82) is 0 Å². The normalized spacial score (nSPS) is 15.4. The molecule has 0 fully saturated rings. The maximum Gasteiger partial charge on any atom is 0.161 e. The Morgan fingerprint density at radius 2 is 1.75 bits per heavy atom. The SMILES string of the molecule is CCCN(CCC)CC(Cl)c1ccc2c(c1)OCCO2. The summed E-state index contributed by atoms with van der Waals surface area (Å²) in [7, 11) is 0. The predicted molar refractivity (Wildman–Crippen MR) is 83.0 cm³/mol. The van der Waals surface area contributed by atoms with E-state index in [1.165, 1.54) is 0 Å². The highest BCUT2D eigenvalue weighted by Gasteiger charge is 2.17. The van der Waals surface area contributed by atoms with Crippen LogP contribution < -0.4 is 9.47 Å². The van der Waals surface area contributed by atoms with Crippen LogP contribution in [-0.2, 0) is 0 Å². The fourth-order valence-corrected chi connectivity index (χ4v) is 2.84. The summed E-state index contributed by atoms with van der Waals surface area (Å²) >= 11 is 6.58. The number of hydrogen-bond acceptors (Lipinski definition) is 3. The molecule has 4 heteroatoms. The van der Waals surface area contributed by atoms with E-state index in [1.807, 2.05) is 18.2 Å². The average Bonchev–Trinajstić information content (AvgIpc) is 2.47. The minimum atomic E-state index is -0.0103. The van der Waals surface area contributed by atoms with Crippen molar-refractivity contribution in [2.24, 2.45) is 0 Å². The van der Waals surface area contributed by atoms with Crippen LogP contribution in [0.1, 0.15) is 37.6 Å². The molecule has 1 aliphatic heterocycles. The molecule has 1 unspecified atom stereocenters. The quantitative estimate of drug-likeness (QED) is 0.713. The first-order valence-corrected chi connectivity index (χ1v) is 7.94. The lowest BCUT2D eigenvalue weighted by Gasteiger charge is -2.25. The van der Waals surface area contributed by atoms with Gasteiger partial charge in [-0.15, -0.1) is 11.6 Å². The van der Waals surface area contributed by atoms with Crippen molar-refractivity contribution in [1.82, 2.24) is 4.90 Å². The Kier molecular flexibility index (Phi) is 5.99. The summed E-state index contributed by atoms with van der Waals surface area (Å²) in [6.45, 7) is 8.72. The van der Waals surface area contributed by atoms with Gasteiger partial charge in [-0.2, -0.15) is 0 Å². The molecule has 20 heavy (non-hydrogen) atoms. The largest absolute Gasteiger partial charge is 0.486 e. The van der Waals surface area contributed by atoms with Crippen LogP contribution in [0.3, 0.4) is 0 Å². The zero-order valence-electron chi connectivity index (χ0n) is 12.4. The van der Waals surface area contributed by atoms with E-state index in [9.17, 15) is 0 Å². The van der Waals surface area contributed by atoms with Crippen LogP contribution in [0.5, 0.6) is 11.5 Å². The molecule has 0 bridgehead atoms. The number of nitrogens with zero attached hydrogens (tertiary/aromatic N) is 1. The Morgan fingerprint density at radius 1 is 1.10 bits per heavy atom. The van der Waals surface area contributed by atoms with Gasteiger partial charge in [0.25, 0.3) is 0 Å². The van der Waals surface area contributed by atoms with Crippen LogP contribution >= 0.6 is 11.6 Å². The van der Waals surface area contributed by atoms with Crippen molar-refractivity contribution in [2.45, 2.75) is 32.1 Å². The van der Waals surface area contributed by atoms with Gasteiger partial charge in [0.05, 0.1) is 5.38 Å². The van der Waals surface area contributed by atoms with Gasteiger partial charge >= 0.3 is 0 Å². The zero-order chi connectivity index (χ0) is 14.4. The molecule has 1 aromatic rings. The first kappa shape index (κ1) is 15.5. The summed E-state index contributed by atoms with van der Waals surface area (Å²) in [5.41, 5.74) is 1.10. The molecule has 1 aromatic carbocycles. The molecule has 0 radical (unpaired) electrons. The number of rotatable bonds is 7. The highest BCUT2D eigenvalue weighted by molar-refractivity contribution is 6.21. The number of ether oxygens (including phenoxy) is 2. The summed E-state index contributed by atoms with van der Waals surface area (Å²) in [6.07, 6.45) is 2.31. The van der Waals surface area contributed by atoms with Gasteiger partial charge in [0, 0.05) is 6.54 Å². The predicted octanol–water partition coefficient (Wildman–Crippen LogP) is 3.86. The number of hydrogen-bond donors (Lipinski definition) is 0. The zero-order valence-corrected chi connectivity index (χ0v) is 13.2. The van der Waals surface area contributed by atoms with E-state index < -0.39 is 0 Å². The molecule has 0 N–H and O–H groups in total. The van der Waals surface area contributed by atoms with Crippen molar-refractivity contribution in [3.8, 4) is 11.5 Å². The molecule has 1 heterocycles. The number of halogens is 1. The third-order valence-electron chi connectivity index (χ3n) is 3.43. The van der Waals surface area contributed by atoms with Gasteiger partial charge in [0.1, 0.15) is 13.2 Å². The maximum absolute atomic E-state index is 6.58. The summed E-state index contributed by atoms with van der Waals surface area (Å²) in [5.74, 6) is 1.64. The maximum atomic E-state index is 6.58. The lowest BCUT2D eigenvalue weighted by molar-refractivity contribution is 0.171. The Bertz CT molecular complexity index is 419. The molecule has 0 amide bonds. The number of benzene rings is 1. The molecule has 3 nitrogen and oxygen atoms in total. The van der Waals surface area contributed by atoms with Crippen LogP contribution in [0.15, 0.2) is 18.2 Å². The highest BCUT2D eigenvalue weighted by atomic mass is 35.5. The summed E-state index contributed by atoms with van der Waals surface area (Å²) in [4.78, 5) is 2.43. The Balaban J connectivity index is 2.02. The van der Waals surface area contributed by atoms with Gasteiger partial charge in [-0.25, -0.2) is 0 Å². The Labute approximate surface area is 126 Å². The van der Waals surface area contributed by atoms with E-state index in [1.54, 1.807) is 0 Å². The number of alkyl halides is 1. The van der Waals surface area contributed by atoms with Crippen LogP contribution in [0.4, 0.5) is 0 Å². The first-order chi connectivity index (χ1) is 9.74. The summed E-state index contributed by atoms with van der Waals surface area (Å²) < 4.78 is 11.2. The molecule has 1 aliphatic rings. The summed E-state index contributed by atoms with van der Waals surface area (Å²) in [5, 5.41) is -0.0103. The van der Waals surface area contributed by atoms with Crippen molar-refractivity contribution in [2.75, 3.05) is 32.8 Å².